The van der Waals surface area contributed by atoms with E-state index in [1.54, 1.807) is 31.2 Å². The van der Waals surface area contributed by atoms with Gasteiger partial charge in [-0.05, 0) is 49.2 Å². The summed E-state index contributed by atoms with van der Waals surface area (Å²) in [6.07, 6.45) is 1.52. The number of hydrogen-bond donors (Lipinski definition) is 1. The van der Waals surface area contributed by atoms with E-state index >= 15 is 0 Å². The number of carbonyl (C=O) groups excluding carboxylic acids is 2. The minimum atomic E-state index is -0.404. The fraction of sp³-hybridized carbons (Fsp3) is 0.158. The number of rotatable bonds is 5. The predicted molar refractivity (Wildman–Crippen MR) is 90.8 cm³/mol. The third-order valence-corrected chi connectivity index (χ3v) is 3.43. The molecular weight excluding hydrogens is 290 g/mol. The summed E-state index contributed by atoms with van der Waals surface area (Å²) in [7, 11) is 0. The molecule has 0 saturated carbocycles. The molecule has 118 valence electrons. The number of aryl methyl sites for hydroxylation is 2. The van der Waals surface area contributed by atoms with Gasteiger partial charge in [-0.2, -0.15) is 0 Å². The minimum absolute atomic E-state index is 0.171. The first-order valence-electron chi connectivity index (χ1n) is 7.28. The highest BCUT2D eigenvalue weighted by Gasteiger charge is 2.12. The lowest BCUT2D eigenvalue weighted by Gasteiger charge is -2.10. The molecule has 0 fully saturated rings. The van der Waals surface area contributed by atoms with E-state index in [1.165, 1.54) is 6.08 Å². The first-order valence-corrected chi connectivity index (χ1v) is 7.28. The van der Waals surface area contributed by atoms with E-state index < -0.39 is 5.97 Å². The second-order valence-electron chi connectivity index (χ2n) is 5.19. The van der Waals surface area contributed by atoms with Gasteiger partial charge in [0.1, 0.15) is 6.61 Å². The predicted octanol–water partition coefficient (Wildman–Crippen LogP) is 3.90. The molecule has 0 spiro atoms. The van der Waals surface area contributed by atoms with Crippen LogP contribution < -0.4 is 5.32 Å². The standard InChI is InChI=1S/C19H19NO3/c1-4-11-23-19(22)17-10-9-15(12-14(17)3)20-18(21)16-8-6-5-7-13(16)2/h4-10,12H,1,11H2,2-3H3,(H,20,21). The average Bonchev–Trinajstić information content (AvgIpc) is 2.53. The Kier molecular flexibility index (Phi) is 5.31. The Labute approximate surface area is 135 Å². The van der Waals surface area contributed by atoms with E-state index in [4.69, 9.17) is 4.74 Å². The molecular formula is C19H19NO3. The number of nitrogens with one attached hydrogen (secondary N) is 1. The van der Waals surface area contributed by atoms with Gasteiger partial charge >= 0.3 is 5.97 Å². The van der Waals surface area contributed by atoms with Crippen LogP contribution in [0.3, 0.4) is 0 Å². The molecule has 2 rings (SSSR count). The third-order valence-electron chi connectivity index (χ3n) is 3.43. The number of amides is 1. The molecule has 2 aromatic rings. The quantitative estimate of drug-likeness (QED) is 0.673. The van der Waals surface area contributed by atoms with Crippen LogP contribution in [0.25, 0.3) is 0 Å². The van der Waals surface area contributed by atoms with E-state index in [0.29, 0.717) is 16.8 Å². The summed E-state index contributed by atoms with van der Waals surface area (Å²) in [6.45, 7) is 7.36. The number of anilines is 1. The molecule has 0 aromatic heterocycles. The molecule has 1 amide bonds. The van der Waals surface area contributed by atoms with Crippen molar-refractivity contribution in [3.63, 3.8) is 0 Å². The fourth-order valence-electron chi connectivity index (χ4n) is 2.21. The van der Waals surface area contributed by atoms with Gasteiger partial charge in [0.05, 0.1) is 5.56 Å². The topological polar surface area (TPSA) is 55.4 Å². The van der Waals surface area contributed by atoms with E-state index in [0.717, 1.165) is 11.1 Å². The summed E-state index contributed by atoms with van der Waals surface area (Å²) in [6, 6.07) is 12.5. The molecule has 4 heteroatoms. The van der Waals surface area contributed by atoms with Gasteiger partial charge in [0.25, 0.3) is 5.91 Å². The maximum Gasteiger partial charge on any atom is 0.338 e. The Balaban J connectivity index is 2.14. The zero-order valence-corrected chi connectivity index (χ0v) is 13.3. The van der Waals surface area contributed by atoms with Crippen molar-refractivity contribution < 1.29 is 14.3 Å². The summed E-state index contributed by atoms with van der Waals surface area (Å²) >= 11 is 0. The summed E-state index contributed by atoms with van der Waals surface area (Å²) in [5, 5.41) is 2.84. The van der Waals surface area contributed by atoms with E-state index in [9.17, 15) is 9.59 Å². The van der Waals surface area contributed by atoms with Crippen LogP contribution in [0.15, 0.2) is 55.1 Å². The first-order chi connectivity index (χ1) is 11.0. The van der Waals surface area contributed by atoms with Crippen molar-refractivity contribution >= 4 is 17.6 Å². The van der Waals surface area contributed by atoms with Crippen molar-refractivity contribution in [2.45, 2.75) is 13.8 Å². The maximum atomic E-state index is 12.3. The lowest BCUT2D eigenvalue weighted by atomic mass is 10.1. The SMILES string of the molecule is C=CCOC(=O)c1ccc(NC(=O)c2ccccc2C)cc1C. The van der Waals surface area contributed by atoms with Crippen molar-refractivity contribution in [3.8, 4) is 0 Å². The van der Waals surface area contributed by atoms with Crippen LogP contribution in [0.2, 0.25) is 0 Å². The lowest BCUT2D eigenvalue weighted by Crippen LogP contribution is -2.14. The number of carbonyl (C=O) groups is 2. The Morgan fingerprint density at radius 1 is 1.09 bits per heavy atom. The highest BCUT2D eigenvalue weighted by molar-refractivity contribution is 6.05. The van der Waals surface area contributed by atoms with Crippen molar-refractivity contribution in [3.05, 3.63) is 77.4 Å². The smallest absolute Gasteiger partial charge is 0.338 e. The van der Waals surface area contributed by atoms with Crippen molar-refractivity contribution in [1.29, 1.82) is 0 Å². The Morgan fingerprint density at radius 2 is 1.83 bits per heavy atom. The summed E-state index contributed by atoms with van der Waals surface area (Å²) in [4.78, 5) is 24.2. The second kappa shape index (κ2) is 7.40. The van der Waals surface area contributed by atoms with Gasteiger partial charge in [0.2, 0.25) is 0 Å². The van der Waals surface area contributed by atoms with Crippen LogP contribution in [0.4, 0.5) is 5.69 Å². The van der Waals surface area contributed by atoms with Gasteiger partial charge < -0.3 is 10.1 Å². The second-order valence-corrected chi connectivity index (χ2v) is 5.19. The molecule has 0 bridgehead atoms. The summed E-state index contributed by atoms with van der Waals surface area (Å²) in [5.41, 5.74) is 3.38. The average molecular weight is 309 g/mol. The monoisotopic (exact) mass is 309 g/mol. The molecule has 0 aliphatic rings. The number of benzene rings is 2. The van der Waals surface area contributed by atoms with Gasteiger partial charge in [0.15, 0.2) is 0 Å². The number of esters is 1. The van der Waals surface area contributed by atoms with E-state index in [2.05, 4.69) is 11.9 Å². The van der Waals surface area contributed by atoms with Crippen molar-refractivity contribution in [2.24, 2.45) is 0 Å². The van der Waals surface area contributed by atoms with Crippen LogP contribution >= 0.6 is 0 Å². The molecule has 0 aliphatic carbocycles. The van der Waals surface area contributed by atoms with Crippen LogP contribution in [0.5, 0.6) is 0 Å². The highest BCUT2D eigenvalue weighted by atomic mass is 16.5. The zero-order valence-electron chi connectivity index (χ0n) is 13.3. The van der Waals surface area contributed by atoms with Gasteiger partial charge in [-0.3, -0.25) is 4.79 Å². The number of hydrogen-bond acceptors (Lipinski definition) is 3. The molecule has 0 aliphatic heterocycles. The van der Waals surface area contributed by atoms with Crippen LogP contribution in [0.1, 0.15) is 31.8 Å². The molecule has 0 heterocycles. The van der Waals surface area contributed by atoms with Gasteiger partial charge in [0, 0.05) is 11.3 Å². The van der Waals surface area contributed by atoms with E-state index in [1.807, 2.05) is 25.1 Å². The lowest BCUT2D eigenvalue weighted by molar-refractivity contribution is 0.0549. The molecule has 0 unspecified atom stereocenters. The fourth-order valence-corrected chi connectivity index (χ4v) is 2.21. The molecule has 23 heavy (non-hydrogen) atoms. The molecule has 1 N–H and O–H groups in total. The maximum absolute atomic E-state index is 12.3. The van der Waals surface area contributed by atoms with E-state index in [-0.39, 0.29) is 12.5 Å². The third kappa shape index (κ3) is 4.07. The first kappa shape index (κ1) is 16.5. The molecule has 2 aromatic carbocycles. The van der Waals surface area contributed by atoms with Gasteiger partial charge in [-0.1, -0.05) is 30.9 Å². The largest absolute Gasteiger partial charge is 0.458 e. The normalized spacial score (nSPS) is 10.0. The van der Waals surface area contributed by atoms with Gasteiger partial charge in [-0.25, -0.2) is 4.79 Å². The summed E-state index contributed by atoms with van der Waals surface area (Å²) in [5.74, 6) is -0.580. The van der Waals surface area contributed by atoms with Crippen molar-refractivity contribution in [1.82, 2.24) is 0 Å². The van der Waals surface area contributed by atoms with Crippen molar-refractivity contribution in [2.75, 3.05) is 11.9 Å². The number of ether oxygens (including phenoxy) is 1. The van der Waals surface area contributed by atoms with Crippen LogP contribution in [-0.4, -0.2) is 18.5 Å². The molecule has 0 atom stereocenters. The Bertz CT molecular complexity index is 750. The molecule has 4 nitrogen and oxygen atoms in total. The molecule has 0 saturated heterocycles. The Hall–Kier alpha value is -2.88. The highest BCUT2D eigenvalue weighted by Crippen LogP contribution is 2.18. The van der Waals surface area contributed by atoms with Crippen LogP contribution in [0, 0.1) is 13.8 Å². The minimum Gasteiger partial charge on any atom is -0.458 e. The summed E-state index contributed by atoms with van der Waals surface area (Å²) < 4.78 is 5.02. The van der Waals surface area contributed by atoms with Gasteiger partial charge in [-0.15, -0.1) is 0 Å². The molecule has 0 radical (unpaired) electrons. The zero-order chi connectivity index (χ0) is 16.8. The van der Waals surface area contributed by atoms with Crippen LogP contribution in [-0.2, 0) is 4.74 Å². The Morgan fingerprint density at radius 3 is 2.48 bits per heavy atom.